The highest BCUT2D eigenvalue weighted by Gasteiger charge is 2.19. The van der Waals surface area contributed by atoms with Gasteiger partial charge in [0.15, 0.2) is 0 Å². The molecule has 28 heavy (non-hydrogen) atoms. The molecule has 2 aromatic heterocycles. The second-order valence-corrected chi connectivity index (χ2v) is 6.49. The van der Waals surface area contributed by atoms with E-state index in [0.29, 0.717) is 33.9 Å². The zero-order chi connectivity index (χ0) is 20.4. The summed E-state index contributed by atoms with van der Waals surface area (Å²) in [6.07, 6.45) is 1.61. The molecule has 0 radical (unpaired) electrons. The minimum atomic E-state index is -0.537. The Kier molecular flexibility index (Phi) is 5.17. The molecule has 0 bridgehead atoms. The largest absolute Gasteiger partial charge is 0.495 e. The van der Waals surface area contributed by atoms with Crippen LogP contribution < -0.4 is 21.2 Å². The van der Waals surface area contributed by atoms with Gasteiger partial charge in [0.05, 0.1) is 18.5 Å². The molecule has 2 N–H and O–H groups in total. The molecule has 3 rings (SSSR count). The van der Waals surface area contributed by atoms with Crippen LogP contribution in [0.3, 0.4) is 0 Å². The molecule has 3 aromatic rings. The number of rotatable bonds is 4. The lowest BCUT2D eigenvalue weighted by Crippen LogP contribution is -2.30. The first-order valence-corrected chi connectivity index (χ1v) is 8.71. The molecule has 0 unspecified atom stereocenters. The molecule has 0 aliphatic heterocycles. The van der Waals surface area contributed by atoms with E-state index >= 15 is 0 Å². The number of pyridine rings is 2. The van der Waals surface area contributed by atoms with E-state index in [1.807, 2.05) is 0 Å². The summed E-state index contributed by atoms with van der Waals surface area (Å²) in [4.78, 5) is 40.2. The van der Waals surface area contributed by atoms with Crippen molar-refractivity contribution in [2.45, 2.75) is 20.8 Å². The summed E-state index contributed by atoms with van der Waals surface area (Å²) in [7, 11) is 1.52. The second kappa shape index (κ2) is 7.56. The Bertz CT molecular complexity index is 1150. The lowest BCUT2D eigenvalue weighted by molar-refractivity contribution is 0.102. The quantitative estimate of drug-likeness (QED) is 0.729. The highest BCUT2D eigenvalue weighted by molar-refractivity contribution is 6.05. The van der Waals surface area contributed by atoms with Crippen molar-refractivity contribution in [3.05, 3.63) is 85.7 Å². The number of carbonyl (C=O) groups excluding carboxylic acids is 1. The summed E-state index contributed by atoms with van der Waals surface area (Å²) in [5.74, 6) is -0.0165. The number of H-pyrrole nitrogens is 1. The first-order valence-electron chi connectivity index (χ1n) is 8.71. The molecule has 0 fully saturated rings. The fraction of sp³-hybridized carbons (Fsp3) is 0.190. The summed E-state index contributed by atoms with van der Waals surface area (Å²) in [5, 5.41) is 2.76. The molecule has 0 aliphatic rings. The van der Waals surface area contributed by atoms with Crippen LogP contribution in [-0.4, -0.2) is 22.6 Å². The van der Waals surface area contributed by atoms with Crippen LogP contribution in [0, 0.1) is 20.8 Å². The Morgan fingerprint density at radius 1 is 1.07 bits per heavy atom. The maximum atomic E-state index is 13.1. The number of carbonyl (C=O) groups is 1. The number of ether oxygens (including phenoxy) is 1. The zero-order valence-corrected chi connectivity index (χ0v) is 16.1. The number of para-hydroxylation sites is 2. The average molecular weight is 379 g/mol. The van der Waals surface area contributed by atoms with Crippen molar-refractivity contribution in [3.8, 4) is 11.4 Å². The average Bonchev–Trinajstić information content (AvgIpc) is 2.65. The van der Waals surface area contributed by atoms with Crippen LogP contribution >= 0.6 is 0 Å². The zero-order valence-electron chi connectivity index (χ0n) is 16.1. The molecule has 0 spiro atoms. The predicted molar refractivity (Wildman–Crippen MR) is 108 cm³/mol. The first kappa shape index (κ1) is 19.2. The third-order valence-electron chi connectivity index (χ3n) is 4.54. The van der Waals surface area contributed by atoms with Gasteiger partial charge in [-0.25, -0.2) is 0 Å². The van der Waals surface area contributed by atoms with Gasteiger partial charge in [-0.05, 0) is 50.1 Å². The molecule has 2 heterocycles. The topological polar surface area (TPSA) is 93.2 Å². The lowest BCUT2D eigenvalue weighted by Gasteiger charge is -2.15. The van der Waals surface area contributed by atoms with Crippen molar-refractivity contribution in [2.75, 3.05) is 12.4 Å². The van der Waals surface area contributed by atoms with Crippen LogP contribution in [-0.2, 0) is 0 Å². The number of nitrogens with zero attached hydrogens (tertiary/aromatic N) is 1. The van der Waals surface area contributed by atoms with E-state index in [1.165, 1.54) is 17.7 Å². The molecule has 7 nitrogen and oxygen atoms in total. The molecule has 1 amide bonds. The summed E-state index contributed by atoms with van der Waals surface area (Å²) >= 11 is 0. The molecule has 0 atom stereocenters. The molecule has 7 heteroatoms. The highest BCUT2D eigenvalue weighted by Crippen LogP contribution is 2.22. The monoisotopic (exact) mass is 379 g/mol. The molecule has 0 saturated heterocycles. The molecule has 1 aromatic carbocycles. The number of hydrogen-bond acceptors (Lipinski definition) is 4. The number of aromatic amines is 1. The molecule has 0 saturated carbocycles. The van der Waals surface area contributed by atoms with Crippen molar-refractivity contribution in [1.29, 1.82) is 0 Å². The van der Waals surface area contributed by atoms with Crippen LogP contribution in [0.1, 0.15) is 27.2 Å². The molecular formula is C21H21N3O4. The molecular weight excluding hydrogens is 358 g/mol. The van der Waals surface area contributed by atoms with Crippen molar-refractivity contribution < 1.29 is 9.53 Å². The Morgan fingerprint density at radius 2 is 1.79 bits per heavy atom. The number of nitrogens with one attached hydrogen (secondary N) is 2. The predicted octanol–water partition coefficient (Wildman–Crippen LogP) is 2.71. The van der Waals surface area contributed by atoms with Crippen LogP contribution in [0.4, 0.5) is 5.69 Å². The molecule has 0 aliphatic carbocycles. The number of hydrogen-bond donors (Lipinski definition) is 2. The first-order chi connectivity index (χ1) is 13.3. The summed E-state index contributed by atoms with van der Waals surface area (Å²) in [6.45, 7) is 5.12. The number of aromatic nitrogens is 2. The van der Waals surface area contributed by atoms with Gasteiger partial charge in [-0.1, -0.05) is 12.1 Å². The fourth-order valence-electron chi connectivity index (χ4n) is 3.14. The number of benzene rings is 1. The van der Waals surface area contributed by atoms with E-state index in [9.17, 15) is 14.4 Å². The van der Waals surface area contributed by atoms with Crippen LogP contribution in [0.5, 0.6) is 5.75 Å². The third-order valence-corrected chi connectivity index (χ3v) is 4.54. The lowest BCUT2D eigenvalue weighted by atomic mass is 10.1. The van der Waals surface area contributed by atoms with Crippen LogP contribution in [0.2, 0.25) is 0 Å². The molecule has 144 valence electrons. The van der Waals surface area contributed by atoms with Crippen molar-refractivity contribution >= 4 is 11.6 Å². The summed E-state index contributed by atoms with van der Waals surface area (Å²) in [5.41, 5.74) is 2.04. The Morgan fingerprint density at radius 3 is 2.46 bits per heavy atom. The van der Waals surface area contributed by atoms with E-state index in [4.69, 9.17) is 4.74 Å². The van der Waals surface area contributed by atoms with Gasteiger partial charge in [-0.3, -0.25) is 19.0 Å². The number of methoxy groups -OCH3 is 1. The Labute approximate surface area is 161 Å². The van der Waals surface area contributed by atoms with Gasteiger partial charge >= 0.3 is 0 Å². The standard InChI is InChI=1S/C21H21N3O4/c1-12-9-10-24(15-7-5-6-8-16(15)28-4)21(27)18(12)20(26)23-19-13(2)11-17(25)22-14(19)3/h5-11H,1-4H3,(H,22,25)(H,23,26). The van der Waals surface area contributed by atoms with E-state index in [0.717, 1.165) is 0 Å². The van der Waals surface area contributed by atoms with Crippen molar-refractivity contribution in [2.24, 2.45) is 0 Å². The van der Waals surface area contributed by atoms with Gasteiger partial charge in [0.2, 0.25) is 5.56 Å². The van der Waals surface area contributed by atoms with Gasteiger partial charge < -0.3 is 15.0 Å². The summed E-state index contributed by atoms with van der Waals surface area (Å²) in [6, 6.07) is 10.2. The second-order valence-electron chi connectivity index (χ2n) is 6.49. The highest BCUT2D eigenvalue weighted by atomic mass is 16.5. The number of amides is 1. The Hall–Kier alpha value is -3.61. The van der Waals surface area contributed by atoms with Gasteiger partial charge in [-0.2, -0.15) is 0 Å². The van der Waals surface area contributed by atoms with Crippen molar-refractivity contribution in [3.63, 3.8) is 0 Å². The normalized spacial score (nSPS) is 10.6. The minimum Gasteiger partial charge on any atom is -0.495 e. The van der Waals surface area contributed by atoms with Crippen LogP contribution in [0.15, 0.2) is 52.2 Å². The SMILES string of the molecule is COc1ccccc1-n1ccc(C)c(C(=O)Nc2c(C)cc(=O)[nH]c2C)c1=O. The maximum Gasteiger partial charge on any atom is 0.268 e. The third kappa shape index (κ3) is 3.46. The van der Waals surface area contributed by atoms with E-state index in [2.05, 4.69) is 10.3 Å². The summed E-state index contributed by atoms with van der Waals surface area (Å²) < 4.78 is 6.71. The van der Waals surface area contributed by atoms with E-state index in [1.54, 1.807) is 57.3 Å². The van der Waals surface area contributed by atoms with E-state index < -0.39 is 11.5 Å². The number of aryl methyl sites for hydroxylation is 3. The van der Waals surface area contributed by atoms with Gasteiger partial charge in [0.1, 0.15) is 11.3 Å². The fourth-order valence-corrected chi connectivity index (χ4v) is 3.14. The van der Waals surface area contributed by atoms with E-state index in [-0.39, 0.29) is 11.1 Å². The van der Waals surface area contributed by atoms with Gasteiger partial charge in [0, 0.05) is 18.0 Å². The number of anilines is 1. The Balaban J connectivity index is 2.09. The van der Waals surface area contributed by atoms with Crippen LogP contribution in [0.25, 0.3) is 5.69 Å². The van der Waals surface area contributed by atoms with Crippen molar-refractivity contribution in [1.82, 2.24) is 9.55 Å². The van der Waals surface area contributed by atoms with Gasteiger partial charge in [-0.15, -0.1) is 0 Å². The smallest absolute Gasteiger partial charge is 0.268 e. The minimum absolute atomic E-state index is 0.0263. The van der Waals surface area contributed by atoms with Gasteiger partial charge in [0.25, 0.3) is 11.5 Å². The maximum absolute atomic E-state index is 13.1.